The average molecular weight is 442 g/mol. The first-order chi connectivity index (χ1) is 15.2. The molecule has 0 aliphatic carbocycles. The largest absolute Gasteiger partial charge is 0.497 e. The normalized spacial score (nSPS) is 17.1. The fourth-order valence-electron chi connectivity index (χ4n) is 3.76. The Morgan fingerprint density at radius 1 is 1.16 bits per heavy atom. The van der Waals surface area contributed by atoms with Gasteiger partial charge in [0.05, 0.1) is 26.2 Å². The molecule has 0 spiro atoms. The van der Waals surface area contributed by atoms with Crippen LogP contribution < -0.4 is 9.47 Å². The van der Waals surface area contributed by atoms with Crippen LogP contribution in [0.4, 0.5) is 0 Å². The SMILES string of the molecule is COc1cccc(COc2ccc(C3CN(CCC(=O)OC(C)(C)C)CCO3)c(C)c2)c1. The highest BCUT2D eigenvalue weighted by Crippen LogP contribution is 2.28. The molecule has 32 heavy (non-hydrogen) atoms. The average Bonchev–Trinajstić information content (AvgIpc) is 2.75. The summed E-state index contributed by atoms with van der Waals surface area (Å²) in [6.45, 7) is 11.1. The highest BCUT2D eigenvalue weighted by molar-refractivity contribution is 5.70. The van der Waals surface area contributed by atoms with Crippen LogP contribution in [0.5, 0.6) is 11.5 Å². The van der Waals surface area contributed by atoms with Gasteiger partial charge < -0.3 is 18.9 Å². The summed E-state index contributed by atoms with van der Waals surface area (Å²) < 4.78 is 22.7. The van der Waals surface area contributed by atoms with E-state index in [0.717, 1.165) is 41.3 Å². The van der Waals surface area contributed by atoms with E-state index in [1.807, 2.05) is 51.1 Å². The predicted molar refractivity (Wildman–Crippen MR) is 124 cm³/mol. The summed E-state index contributed by atoms with van der Waals surface area (Å²) in [5.41, 5.74) is 2.90. The second kappa shape index (κ2) is 10.8. The molecule has 6 nitrogen and oxygen atoms in total. The minimum Gasteiger partial charge on any atom is -0.497 e. The van der Waals surface area contributed by atoms with Crippen LogP contribution in [0.2, 0.25) is 0 Å². The Bertz CT molecular complexity index is 905. The number of ether oxygens (including phenoxy) is 4. The van der Waals surface area contributed by atoms with Gasteiger partial charge in [0.1, 0.15) is 23.7 Å². The van der Waals surface area contributed by atoms with Crippen molar-refractivity contribution in [3.05, 3.63) is 59.2 Å². The van der Waals surface area contributed by atoms with E-state index < -0.39 is 5.60 Å². The van der Waals surface area contributed by atoms with E-state index in [4.69, 9.17) is 18.9 Å². The molecule has 3 rings (SSSR count). The monoisotopic (exact) mass is 441 g/mol. The van der Waals surface area contributed by atoms with Crippen LogP contribution in [0.3, 0.4) is 0 Å². The van der Waals surface area contributed by atoms with Crippen molar-refractivity contribution in [1.82, 2.24) is 4.90 Å². The van der Waals surface area contributed by atoms with E-state index in [2.05, 4.69) is 24.0 Å². The molecular formula is C26H35NO5. The fraction of sp³-hybridized carbons (Fsp3) is 0.500. The van der Waals surface area contributed by atoms with Gasteiger partial charge in [0, 0.05) is 19.6 Å². The standard InChI is InChI=1S/C26H35NO5/c1-19-15-22(31-18-20-7-6-8-21(16-20)29-5)9-10-23(19)24-17-27(13-14-30-24)12-11-25(28)32-26(2,3)4/h6-10,15-16,24H,11-14,17-18H2,1-5H3. The zero-order valence-electron chi connectivity index (χ0n) is 19.8. The Morgan fingerprint density at radius 3 is 2.69 bits per heavy atom. The Balaban J connectivity index is 1.55. The zero-order chi connectivity index (χ0) is 23.1. The van der Waals surface area contributed by atoms with Gasteiger partial charge in [-0.2, -0.15) is 0 Å². The molecule has 1 aliphatic rings. The number of esters is 1. The number of carbonyl (C=O) groups excluding carboxylic acids is 1. The minimum atomic E-state index is -0.446. The molecule has 0 bridgehead atoms. The van der Waals surface area contributed by atoms with Crippen molar-refractivity contribution in [2.45, 2.75) is 52.4 Å². The van der Waals surface area contributed by atoms with Crippen LogP contribution in [-0.4, -0.2) is 49.8 Å². The van der Waals surface area contributed by atoms with Gasteiger partial charge in [-0.3, -0.25) is 9.69 Å². The number of methoxy groups -OCH3 is 1. The van der Waals surface area contributed by atoms with Crippen LogP contribution in [0.25, 0.3) is 0 Å². The summed E-state index contributed by atoms with van der Waals surface area (Å²) in [6.07, 6.45) is 0.370. The summed E-state index contributed by atoms with van der Waals surface area (Å²) in [6, 6.07) is 14.0. The molecular weight excluding hydrogens is 406 g/mol. The minimum absolute atomic E-state index is 0.0187. The summed E-state index contributed by atoms with van der Waals surface area (Å²) in [5, 5.41) is 0. The van der Waals surface area contributed by atoms with Crippen molar-refractivity contribution < 1.29 is 23.7 Å². The van der Waals surface area contributed by atoms with E-state index in [1.165, 1.54) is 0 Å². The number of aryl methyl sites for hydroxylation is 1. The molecule has 1 heterocycles. The van der Waals surface area contributed by atoms with E-state index in [0.29, 0.717) is 26.2 Å². The molecule has 1 saturated heterocycles. The number of hydrogen-bond donors (Lipinski definition) is 0. The van der Waals surface area contributed by atoms with Gasteiger partial charge >= 0.3 is 5.97 Å². The first-order valence-electron chi connectivity index (χ1n) is 11.2. The van der Waals surface area contributed by atoms with Crippen molar-refractivity contribution in [3.63, 3.8) is 0 Å². The van der Waals surface area contributed by atoms with Crippen LogP contribution in [0.15, 0.2) is 42.5 Å². The Labute approximate surface area is 191 Å². The lowest BCUT2D eigenvalue weighted by molar-refractivity contribution is -0.155. The molecule has 0 N–H and O–H groups in total. The second-order valence-corrected chi connectivity index (χ2v) is 9.16. The number of morpholine rings is 1. The maximum Gasteiger partial charge on any atom is 0.307 e. The lowest BCUT2D eigenvalue weighted by Crippen LogP contribution is -2.40. The summed E-state index contributed by atoms with van der Waals surface area (Å²) in [4.78, 5) is 14.3. The third kappa shape index (κ3) is 7.24. The van der Waals surface area contributed by atoms with E-state index in [9.17, 15) is 4.79 Å². The predicted octanol–water partition coefficient (Wildman–Crippen LogP) is 4.69. The molecule has 6 heteroatoms. The van der Waals surface area contributed by atoms with Crippen molar-refractivity contribution in [2.24, 2.45) is 0 Å². The van der Waals surface area contributed by atoms with Crippen molar-refractivity contribution >= 4 is 5.97 Å². The summed E-state index contributed by atoms with van der Waals surface area (Å²) >= 11 is 0. The van der Waals surface area contributed by atoms with Crippen molar-refractivity contribution in [2.75, 3.05) is 33.4 Å². The number of hydrogen-bond acceptors (Lipinski definition) is 6. The highest BCUT2D eigenvalue weighted by Gasteiger charge is 2.24. The first kappa shape index (κ1) is 24.1. The molecule has 1 unspecified atom stereocenters. The van der Waals surface area contributed by atoms with Gasteiger partial charge in [0.25, 0.3) is 0 Å². The van der Waals surface area contributed by atoms with Crippen LogP contribution >= 0.6 is 0 Å². The molecule has 174 valence electrons. The summed E-state index contributed by atoms with van der Waals surface area (Å²) in [7, 11) is 1.66. The third-order valence-corrected chi connectivity index (χ3v) is 5.33. The number of nitrogens with zero attached hydrogens (tertiary/aromatic N) is 1. The molecule has 2 aromatic rings. The topological polar surface area (TPSA) is 57.2 Å². The third-order valence-electron chi connectivity index (χ3n) is 5.33. The van der Waals surface area contributed by atoms with E-state index >= 15 is 0 Å². The first-order valence-corrected chi connectivity index (χ1v) is 11.2. The number of carbonyl (C=O) groups is 1. The molecule has 0 radical (unpaired) electrons. The van der Waals surface area contributed by atoms with Crippen LogP contribution in [0.1, 0.15) is 50.0 Å². The molecule has 0 amide bonds. The molecule has 1 aliphatic heterocycles. The highest BCUT2D eigenvalue weighted by atomic mass is 16.6. The van der Waals surface area contributed by atoms with Gasteiger partial charge in [-0.1, -0.05) is 18.2 Å². The lowest BCUT2D eigenvalue weighted by atomic mass is 10.0. The van der Waals surface area contributed by atoms with Crippen molar-refractivity contribution in [1.29, 1.82) is 0 Å². The van der Waals surface area contributed by atoms with Gasteiger partial charge in [0.15, 0.2) is 0 Å². The lowest BCUT2D eigenvalue weighted by Gasteiger charge is -2.33. The molecule has 0 aromatic heterocycles. The second-order valence-electron chi connectivity index (χ2n) is 9.16. The van der Waals surface area contributed by atoms with Gasteiger partial charge in [-0.05, 0) is 68.7 Å². The van der Waals surface area contributed by atoms with Gasteiger partial charge in [-0.25, -0.2) is 0 Å². The molecule has 1 atom stereocenters. The Morgan fingerprint density at radius 2 is 1.97 bits per heavy atom. The van der Waals surface area contributed by atoms with E-state index in [1.54, 1.807) is 7.11 Å². The maximum atomic E-state index is 12.0. The summed E-state index contributed by atoms with van der Waals surface area (Å²) in [5.74, 6) is 1.49. The maximum absolute atomic E-state index is 12.0. The zero-order valence-corrected chi connectivity index (χ0v) is 19.8. The number of rotatable bonds is 8. The molecule has 0 saturated carbocycles. The van der Waals surface area contributed by atoms with Crippen molar-refractivity contribution in [3.8, 4) is 11.5 Å². The van der Waals surface area contributed by atoms with E-state index in [-0.39, 0.29) is 12.1 Å². The molecule has 2 aromatic carbocycles. The molecule has 1 fully saturated rings. The van der Waals surface area contributed by atoms with Crippen LogP contribution in [0, 0.1) is 6.92 Å². The van der Waals surface area contributed by atoms with Gasteiger partial charge in [-0.15, -0.1) is 0 Å². The number of benzene rings is 2. The fourth-order valence-corrected chi connectivity index (χ4v) is 3.76. The quantitative estimate of drug-likeness (QED) is 0.554. The Hall–Kier alpha value is -2.57. The van der Waals surface area contributed by atoms with Crippen LogP contribution in [-0.2, 0) is 20.9 Å². The Kier molecular flexibility index (Phi) is 8.15. The van der Waals surface area contributed by atoms with Gasteiger partial charge in [0.2, 0.25) is 0 Å². The smallest absolute Gasteiger partial charge is 0.307 e.